The van der Waals surface area contributed by atoms with E-state index in [1.54, 1.807) is 22.8 Å². The van der Waals surface area contributed by atoms with Crippen LogP contribution in [0.25, 0.3) is 11.4 Å². The zero-order valence-corrected chi connectivity index (χ0v) is 18.6. The summed E-state index contributed by atoms with van der Waals surface area (Å²) in [6.45, 7) is 1.96. The molecule has 2 aromatic heterocycles. The normalized spacial score (nSPS) is 10.9. The number of hydrogen-bond donors (Lipinski definition) is 1. The number of rotatable bonds is 7. The van der Waals surface area contributed by atoms with Crippen LogP contribution in [0.3, 0.4) is 0 Å². The monoisotopic (exact) mass is 453 g/mol. The zero-order valence-electron chi connectivity index (χ0n) is 17.0. The summed E-state index contributed by atoms with van der Waals surface area (Å²) in [7, 11) is 1.81. The number of para-hydroxylation sites is 1. The van der Waals surface area contributed by atoms with Crippen LogP contribution in [0.2, 0.25) is 0 Å². The quantitative estimate of drug-likeness (QED) is 0.405. The standard InChI is InChI=1S/C22H20FN5OS2/c1-14-7-3-6-10-18(14)25-19(29)11-20-24-15(12-30-20)13-31-22-27-26-21(28(22)2)16-8-4-5-9-17(16)23/h3-10,12H,11,13H2,1-2H3,(H,25,29). The van der Waals surface area contributed by atoms with Gasteiger partial charge in [0.25, 0.3) is 0 Å². The molecule has 0 aliphatic rings. The van der Waals surface area contributed by atoms with E-state index in [1.165, 1.54) is 29.2 Å². The number of halogens is 1. The number of hydrogen-bond acceptors (Lipinski definition) is 6. The van der Waals surface area contributed by atoms with E-state index in [0.29, 0.717) is 22.3 Å². The highest BCUT2D eigenvalue weighted by Gasteiger charge is 2.15. The molecule has 1 amide bonds. The lowest BCUT2D eigenvalue weighted by atomic mass is 10.2. The van der Waals surface area contributed by atoms with E-state index in [9.17, 15) is 9.18 Å². The number of nitrogens with zero attached hydrogens (tertiary/aromatic N) is 4. The first-order valence-corrected chi connectivity index (χ1v) is 11.4. The highest BCUT2D eigenvalue weighted by Crippen LogP contribution is 2.27. The molecule has 4 rings (SSSR count). The first-order valence-electron chi connectivity index (χ1n) is 9.57. The van der Waals surface area contributed by atoms with Gasteiger partial charge in [0.15, 0.2) is 11.0 Å². The SMILES string of the molecule is Cc1ccccc1NC(=O)Cc1nc(CSc2nnc(-c3ccccc3F)n2C)cs1. The summed E-state index contributed by atoms with van der Waals surface area (Å²) in [5.41, 5.74) is 3.11. The zero-order chi connectivity index (χ0) is 21.8. The van der Waals surface area contributed by atoms with E-state index in [0.717, 1.165) is 22.0 Å². The molecule has 0 radical (unpaired) electrons. The molecule has 9 heteroatoms. The van der Waals surface area contributed by atoms with E-state index in [1.807, 2.05) is 43.6 Å². The Morgan fingerprint density at radius 1 is 1.16 bits per heavy atom. The number of aryl methyl sites for hydroxylation is 1. The number of benzene rings is 2. The van der Waals surface area contributed by atoms with Crippen LogP contribution >= 0.6 is 23.1 Å². The third-order valence-electron chi connectivity index (χ3n) is 4.63. The molecule has 0 aliphatic carbocycles. The van der Waals surface area contributed by atoms with Crippen LogP contribution in [0.15, 0.2) is 59.1 Å². The lowest BCUT2D eigenvalue weighted by molar-refractivity contribution is -0.115. The minimum absolute atomic E-state index is 0.0920. The fraction of sp³-hybridized carbons (Fsp3) is 0.182. The van der Waals surface area contributed by atoms with Crippen LogP contribution in [-0.4, -0.2) is 25.7 Å². The fourth-order valence-corrected chi connectivity index (χ4v) is 4.70. The van der Waals surface area contributed by atoms with Crippen molar-refractivity contribution in [3.63, 3.8) is 0 Å². The maximum absolute atomic E-state index is 14.1. The minimum Gasteiger partial charge on any atom is -0.325 e. The number of thiazole rings is 1. The van der Waals surface area contributed by atoms with Crippen LogP contribution in [-0.2, 0) is 24.0 Å². The molecule has 1 N–H and O–H groups in total. The van der Waals surface area contributed by atoms with Crippen molar-refractivity contribution >= 4 is 34.7 Å². The lowest BCUT2D eigenvalue weighted by Gasteiger charge is -2.06. The van der Waals surface area contributed by atoms with Crippen molar-refractivity contribution in [2.45, 2.75) is 24.3 Å². The van der Waals surface area contributed by atoms with Gasteiger partial charge in [-0.2, -0.15) is 0 Å². The summed E-state index contributed by atoms with van der Waals surface area (Å²) in [5, 5.41) is 14.6. The van der Waals surface area contributed by atoms with Crippen LogP contribution in [0.1, 0.15) is 16.3 Å². The molecule has 0 bridgehead atoms. The Morgan fingerprint density at radius 3 is 2.74 bits per heavy atom. The number of carbonyl (C=O) groups is 1. The van der Waals surface area contributed by atoms with E-state index in [4.69, 9.17) is 0 Å². The Kier molecular flexibility index (Phi) is 6.43. The predicted molar refractivity (Wildman–Crippen MR) is 122 cm³/mol. The second-order valence-corrected chi connectivity index (χ2v) is 8.79. The molecule has 31 heavy (non-hydrogen) atoms. The number of thioether (sulfide) groups is 1. The maximum atomic E-state index is 14.1. The van der Waals surface area contributed by atoms with Gasteiger partial charge in [-0.05, 0) is 30.7 Å². The fourth-order valence-electron chi connectivity index (χ4n) is 3.00. The molecule has 6 nitrogen and oxygen atoms in total. The van der Waals surface area contributed by atoms with Crippen LogP contribution in [0, 0.1) is 12.7 Å². The van der Waals surface area contributed by atoms with Crippen LogP contribution < -0.4 is 5.32 Å². The van der Waals surface area contributed by atoms with Crippen LogP contribution in [0.4, 0.5) is 10.1 Å². The molecule has 0 spiro atoms. The molecule has 0 saturated heterocycles. The molecule has 0 unspecified atom stereocenters. The van der Waals surface area contributed by atoms with E-state index in [-0.39, 0.29) is 18.1 Å². The average molecular weight is 454 g/mol. The molecule has 0 atom stereocenters. The molecule has 4 aromatic rings. The summed E-state index contributed by atoms with van der Waals surface area (Å²) in [6.07, 6.45) is 0.227. The minimum atomic E-state index is -0.331. The molecule has 2 aromatic carbocycles. The second-order valence-electron chi connectivity index (χ2n) is 6.91. The van der Waals surface area contributed by atoms with Crippen molar-refractivity contribution in [1.29, 1.82) is 0 Å². The molecular formula is C22H20FN5OS2. The number of carbonyl (C=O) groups excluding carboxylic acids is 1. The number of anilines is 1. The average Bonchev–Trinajstić information content (AvgIpc) is 3.35. The number of aromatic nitrogens is 4. The van der Waals surface area contributed by atoms with Gasteiger partial charge in [-0.15, -0.1) is 21.5 Å². The Morgan fingerprint density at radius 2 is 1.94 bits per heavy atom. The topological polar surface area (TPSA) is 72.7 Å². The molecule has 158 valence electrons. The predicted octanol–water partition coefficient (Wildman–Crippen LogP) is 4.86. The summed E-state index contributed by atoms with van der Waals surface area (Å²) >= 11 is 2.93. The highest BCUT2D eigenvalue weighted by molar-refractivity contribution is 7.98. The Bertz CT molecular complexity index is 1220. The molecule has 0 fully saturated rings. The van der Waals surface area contributed by atoms with Gasteiger partial charge in [0.1, 0.15) is 10.8 Å². The van der Waals surface area contributed by atoms with E-state index < -0.39 is 0 Å². The summed E-state index contributed by atoms with van der Waals surface area (Å²) in [4.78, 5) is 16.9. The van der Waals surface area contributed by atoms with Gasteiger partial charge in [-0.3, -0.25) is 4.79 Å². The van der Waals surface area contributed by atoms with Crippen LogP contribution in [0.5, 0.6) is 0 Å². The van der Waals surface area contributed by atoms with Gasteiger partial charge in [0, 0.05) is 23.9 Å². The Labute approximate surface area is 187 Å². The molecule has 0 aliphatic heterocycles. The van der Waals surface area contributed by atoms with Gasteiger partial charge in [-0.25, -0.2) is 9.37 Å². The van der Waals surface area contributed by atoms with Crippen molar-refractivity contribution < 1.29 is 9.18 Å². The van der Waals surface area contributed by atoms with Crippen molar-refractivity contribution in [1.82, 2.24) is 19.7 Å². The summed E-state index contributed by atoms with van der Waals surface area (Å²) < 4.78 is 15.8. The number of nitrogens with one attached hydrogen (secondary N) is 1. The van der Waals surface area contributed by atoms with Gasteiger partial charge >= 0.3 is 0 Å². The van der Waals surface area contributed by atoms with Crippen molar-refractivity contribution in [3.8, 4) is 11.4 Å². The first-order chi connectivity index (χ1) is 15.0. The van der Waals surface area contributed by atoms with Gasteiger partial charge in [0.2, 0.25) is 5.91 Å². The third-order valence-corrected chi connectivity index (χ3v) is 6.58. The summed E-state index contributed by atoms with van der Waals surface area (Å²) in [6, 6.07) is 14.2. The second kappa shape index (κ2) is 9.40. The highest BCUT2D eigenvalue weighted by atomic mass is 32.2. The summed E-state index contributed by atoms with van der Waals surface area (Å²) in [5.74, 6) is 0.639. The number of amides is 1. The maximum Gasteiger partial charge on any atom is 0.231 e. The van der Waals surface area contributed by atoms with Crippen molar-refractivity contribution in [2.24, 2.45) is 7.05 Å². The van der Waals surface area contributed by atoms with Crippen molar-refractivity contribution in [3.05, 3.63) is 76.0 Å². The van der Waals surface area contributed by atoms with Gasteiger partial charge in [0.05, 0.1) is 17.7 Å². The Balaban J connectivity index is 1.36. The lowest BCUT2D eigenvalue weighted by Crippen LogP contribution is -2.15. The van der Waals surface area contributed by atoms with E-state index in [2.05, 4.69) is 20.5 Å². The molecular weight excluding hydrogens is 433 g/mol. The van der Waals surface area contributed by atoms with Crippen molar-refractivity contribution in [2.75, 3.05) is 5.32 Å². The smallest absolute Gasteiger partial charge is 0.231 e. The van der Waals surface area contributed by atoms with Gasteiger partial charge in [-0.1, -0.05) is 42.1 Å². The first kappa shape index (κ1) is 21.2. The largest absolute Gasteiger partial charge is 0.325 e. The Hall–Kier alpha value is -3.04. The molecule has 0 saturated carbocycles. The molecule has 2 heterocycles. The van der Waals surface area contributed by atoms with E-state index >= 15 is 0 Å². The third kappa shape index (κ3) is 5.00. The van der Waals surface area contributed by atoms with Gasteiger partial charge < -0.3 is 9.88 Å².